The Balaban J connectivity index is 1.37. The fourth-order valence-corrected chi connectivity index (χ4v) is 5.64. The van der Waals surface area contributed by atoms with Crippen molar-refractivity contribution in [2.24, 2.45) is 0 Å². The van der Waals surface area contributed by atoms with Gasteiger partial charge in [-0.25, -0.2) is 0 Å². The second-order valence-electron chi connectivity index (χ2n) is 10.9. The third-order valence-corrected chi connectivity index (χ3v) is 8.21. The second kappa shape index (κ2) is 13.2. The van der Waals surface area contributed by atoms with Crippen molar-refractivity contribution >= 4 is 45.8 Å². The molecule has 1 aliphatic rings. The third kappa shape index (κ3) is 6.50. The van der Waals surface area contributed by atoms with Gasteiger partial charge in [0.2, 0.25) is 11.8 Å². The van der Waals surface area contributed by atoms with Crippen LogP contribution in [-0.4, -0.2) is 41.2 Å². The molecule has 1 aliphatic heterocycles. The summed E-state index contributed by atoms with van der Waals surface area (Å²) >= 11 is 6.13. The van der Waals surface area contributed by atoms with Crippen LogP contribution < -0.4 is 10.2 Å². The van der Waals surface area contributed by atoms with Gasteiger partial charge in [0.1, 0.15) is 6.04 Å². The van der Waals surface area contributed by atoms with E-state index in [0.717, 1.165) is 34.0 Å². The summed E-state index contributed by atoms with van der Waals surface area (Å²) in [6.45, 7) is 4.67. The first-order chi connectivity index (χ1) is 20.4. The Morgan fingerprint density at radius 3 is 2.33 bits per heavy atom. The van der Waals surface area contributed by atoms with Gasteiger partial charge in [-0.15, -0.1) is 0 Å². The van der Waals surface area contributed by atoms with Crippen LogP contribution in [0.15, 0.2) is 91.0 Å². The van der Waals surface area contributed by atoms with E-state index >= 15 is 0 Å². The second-order valence-corrected chi connectivity index (χ2v) is 11.3. The van der Waals surface area contributed by atoms with E-state index in [1.54, 1.807) is 21.9 Å². The number of halogens is 1. The van der Waals surface area contributed by atoms with Crippen LogP contribution in [0, 0.1) is 0 Å². The van der Waals surface area contributed by atoms with Crippen molar-refractivity contribution in [3.05, 3.63) is 113 Å². The fourth-order valence-electron chi connectivity index (χ4n) is 5.51. The van der Waals surface area contributed by atoms with Gasteiger partial charge in [0, 0.05) is 47.9 Å². The van der Waals surface area contributed by atoms with Gasteiger partial charge >= 0.3 is 0 Å². The van der Waals surface area contributed by atoms with E-state index in [9.17, 15) is 14.4 Å². The molecule has 3 amide bonds. The molecule has 0 saturated carbocycles. The minimum atomic E-state index is -0.698. The van der Waals surface area contributed by atoms with E-state index in [1.165, 1.54) is 0 Å². The lowest BCUT2D eigenvalue weighted by Crippen LogP contribution is -2.52. The van der Waals surface area contributed by atoms with Gasteiger partial charge in [-0.2, -0.15) is 0 Å². The van der Waals surface area contributed by atoms with Gasteiger partial charge in [-0.05, 0) is 60.5 Å². The monoisotopic (exact) mass is 581 g/mol. The van der Waals surface area contributed by atoms with Crippen molar-refractivity contribution in [1.29, 1.82) is 0 Å². The van der Waals surface area contributed by atoms with E-state index in [4.69, 9.17) is 11.6 Å². The van der Waals surface area contributed by atoms with E-state index in [0.29, 0.717) is 30.0 Å². The summed E-state index contributed by atoms with van der Waals surface area (Å²) in [6.07, 6.45) is 1.85. The van der Waals surface area contributed by atoms with E-state index in [-0.39, 0.29) is 36.7 Å². The highest BCUT2D eigenvalue weighted by atomic mass is 35.5. The zero-order chi connectivity index (χ0) is 29.6. The zero-order valence-corrected chi connectivity index (χ0v) is 24.8. The number of anilines is 1. The molecular formula is C35H36ClN3O3. The van der Waals surface area contributed by atoms with Gasteiger partial charge in [0.25, 0.3) is 5.91 Å². The van der Waals surface area contributed by atoms with Crippen molar-refractivity contribution in [2.45, 2.75) is 58.2 Å². The van der Waals surface area contributed by atoms with Gasteiger partial charge in [-0.1, -0.05) is 85.3 Å². The van der Waals surface area contributed by atoms with Crippen molar-refractivity contribution in [2.75, 3.05) is 11.4 Å². The molecule has 0 spiro atoms. The van der Waals surface area contributed by atoms with Crippen molar-refractivity contribution < 1.29 is 14.4 Å². The summed E-state index contributed by atoms with van der Waals surface area (Å²) in [6, 6.07) is 28.1. The third-order valence-electron chi connectivity index (χ3n) is 7.96. The Morgan fingerprint density at radius 1 is 0.905 bits per heavy atom. The fraction of sp³-hybridized carbons (Fsp3) is 0.286. The lowest BCUT2D eigenvalue weighted by atomic mass is 10.0. The van der Waals surface area contributed by atoms with Crippen LogP contribution in [0.2, 0.25) is 5.02 Å². The van der Waals surface area contributed by atoms with Crippen LogP contribution in [0.3, 0.4) is 0 Å². The quantitative estimate of drug-likeness (QED) is 0.200. The number of carbonyl (C=O) groups is 3. The summed E-state index contributed by atoms with van der Waals surface area (Å²) < 4.78 is 0. The largest absolute Gasteiger partial charge is 0.352 e. The Kier molecular flexibility index (Phi) is 9.23. The maximum atomic E-state index is 14.0. The average molecular weight is 582 g/mol. The molecular weight excluding hydrogens is 546 g/mol. The Labute approximate surface area is 252 Å². The van der Waals surface area contributed by atoms with Crippen LogP contribution in [0.25, 0.3) is 10.8 Å². The topological polar surface area (TPSA) is 69.7 Å². The Bertz CT molecular complexity index is 1570. The highest BCUT2D eigenvalue weighted by Crippen LogP contribution is 2.37. The first-order valence-electron chi connectivity index (χ1n) is 14.6. The SMILES string of the molecule is CC[C@H](C)NC(=O)[C@@H](Cc1ccccc1)N(Cc1ccc(Cl)cc1)C(=O)CCCN1C(=O)c2cccc3cccc1c23. The van der Waals surface area contributed by atoms with Gasteiger partial charge in [0.05, 0.1) is 5.69 Å². The summed E-state index contributed by atoms with van der Waals surface area (Å²) in [5.74, 6) is -0.345. The zero-order valence-electron chi connectivity index (χ0n) is 24.1. The van der Waals surface area contributed by atoms with Crippen LogP contribution in [-0.2, 0) is 22.6 Å². The van der Waals surface area contributed by atoms with E-state index in [1.807, 2.05) is 92.7 Å². The lowest BCUT2D eigenvalue weighted by molar-refractivity contribution is -0.141. The molecule has 4 aromatic rings. The molecule has 0 fully saturated rings. The molecule has 0 unspecified atom stereocenters. The lowest BCUT2D eigenvalue weighted by Gasteiger charge is -2.32. The summed E-state index contributed by atoms with van der Waals surface area (Å²) in [5.41, 5.74) is 3.44. The van der Waals surface area contributed by atoms with E-state index < -0.39 is 6.04 Å². The molecule has 0 aromatic heterocycles. The van der Waals surface area contributed by atoms with Crippen LogP contribution in [0.4, 0.5) is 5.69 Å². The summed E-state index contributed by atoms with van der Waals surface area (Å²) in [5, 5.41) is 5.70. The molecule has 42 heavy (non-hydrogen) atoms. The minimum absolute atomic E-state index is 0.0197. The number of benzene rings is 4. The molecule has 7 heteroatoms. The van der Waals surface area contributed by atoms with Crippen molar-refractivity contribution in [1.82, 2.24) is 10.2 Å². The molecule has 1 heterocycles. The predicted octanol–water partition coefficient (Wildman–Crippen LogP) is 6.79. The molecule has 4 aromatic carbocycles. The molecule has 6 nitrogen and oxygen atoms in total. The standard InChI is InChI=1S/C35H36ClN3O3/c1-3-24(2)37-34(41)31(22-25-10-5-4-6-11-25)39(23-26-17-19-28(36)20-18-26)32(40)16-9-21-38-30-15-8-13-27-12-7-14-29(33(27)30)35(38)42/h4-8,10-15,17-20,24,31H,3,9,16,21-23H2,1-2H3,(H,37,41)/t24-,31+/m0/s1. The number of nitrogens with zero attached hydrogens (tertiary/aromatic N) is 2. The van der Waals surface area contributed by atoms with Gasteiger partial charge in [0.15, 0.2) is 0 Å². The number of rotatable bonds is 12. The average Bonchev–Trinajstić information content (AvgIpc) is 3.28. The molecule has 0 saturated heterocycles. The van der Waals surface area contributed by atoms with Crippen molar-refractivity contribution in [3.63, 3.8) is 0 Å². The van der Waals surface area contributed by atoms with Gasteiger partial charge in [-0.3, -0.25) is 14.4 Å². The first kappa shape index (κ1) is 29.3. The molecule has 5 rings (SSSR count). The number of nitrogens with one attached hydrogen (secondary N) is 1. The molecule has 0 bridgehead atoms. The number of hydrogen-bond donors (Lipinski definition) is 1. The van der Waals surface area contributed by atoms with Crippen LogP contribution in [0.5, 0.6) is 0 Å². The first-order valence-corrected chi connectivity index (χ1v) is 14.9. The molecule has 1 N–H and O–H groups in total. The Hall–Kier alpha value is -4.16. The number of amides is 3. The van der Waals surface area contributed by atoms with Crippen molar-refractivity contribution in [3.8, 4) is 0 Å². The molecule has 2 atom stereocenters. The molecule has 0 aliphatic carbocycles. The molecule has 216 valence electrons. The predicted molar refractivity (Wildman–Crippen MR) is 169 cm³/mol. The smallest absolute Gasteiger partial charge is 0.258 e. The Morgan fingerprint density at radius 2 is 1.62 bits per heavy atom. The number of carbonyl (C=O) groups excluding carboxylic acids is 3. The maximum Gasteiger partial charge on any atom is 0.258 e. The maximum absolute atomic E-state index is 14.0. The number of hydrogen-bond acceptors (Lipinski definition) is 3. The van der Waals surface area contributed by atoms with E-state index in [2.05, 4.69) is 5.32 Å². The highest BCUT2D eigenvalue weighted by Gasteiger charge is 2.32. The minimum Gasteiger partial charge on any atom is -0.352 e. The highest BCUT2D eigenvalue weighted by molar-refractivity contribution is 6.30. The summed E-state index contributed by atoms with van der Waals surface area (Å²) in [4.78, 5) is 44.4. The van der Waals surface area contributed by atoms with Crippen LogP contribution in [0.1, 0.15) is 54.6 Å². The summed E-state index contributed by atoms with van der Waals surface area (Å²) in [7, 11) is 0. The van der Waals surface area contributed by atoms with Gasteiger partial charge < -0.3 is 15.1 Å². The van der Waals surface area contributed by atoms with Crippen LogP contribution >= 0.6 is 11.6 Å². The normalized spacial score (nSPS) is 13.7. The molecule has 0 radical (unpaired) electrons.